The molecule has 0 radical (unpaired) electrons. The number of allylic oxidation sites excluding steroid dienone is 2. The maximum Gasteiger partial charge on any atom is 0.307 e. The molecule has 1 N–H and O–H groups in total. The number of esters is 1. The minimum atomic E-state index is -4.34. The van der Waals surface area contributed by atoms with E-state index in [1.807, 2.05) is 43.3 Å². The molecule has 0 spiro atoms. The van der Waals surface area contributed by atoms with Crippen molar-refractivity contribution in [2.24, 2.45) is 29.1 Å². The number of fused-ring (bicyclic) bond motifs is 3. The Labute approximate surface area is 346 Å². The highest BCUT2D eigenvalue weighted by Gasteiger charge is 2.63. The van der Waals surface area contributed by atoms with Gasteiger partial charge in [-0.2, -0.15) is 0 Å². The molecule has 1 aromatic heterocycles. The number of sulfonamides is 1. The quantitative estimate of drug-likeness (QED) is 0.244. The lowest BCUT2D eigenvalue weighted by Gasteiger charge is -2.32. The number of nitrogens with one attached hydrogen (secondary N) is 1. The van der Waals surface area contributed by atoms with Crippen LogP contribution in [0, 0.1) is 29.1 Å². The molecule has 2 saturated carbocycles. The van der Waals surface area contributed by atoms with Crippen LogP contribution < -0.4 is 14.4 Å². The van der Waals surface area contributed by atoms with Gasteiger partial charge in [-0.05, 0) is 83.1 Å². The van der Waals surface area contributed by atoms with Crippen molar-refractivity contribution in [1.82, 2.24) is 14.6 Å². The molecule has 322 valence electrons. The number of amides is 2. The number of aromatic nitrogens is 1. The lowest BCUT2D eigenvalue weighted by atomic mass is 9.82. The molecule has 5 aliphatic rings. The zero-order valence-electron chi connectivity index (χ0n) is 34.9. The Morgan fingerprint density at radius 1 is 1.07 bits per heavy atom. The summed E-state index contributed by atoms with van der Waals surface area (Å²) in [4.78, 5) is 65.6. The fourth-order valence-corrected chi connectivity index (χ4v) is 10.7. The SMILES string of the molecule is C[C@@H]1CC/C=C\[C@@H]2C[C@@]2(C(=O)NS(=O)(=O)C2(CF)CC2)CC(=O)[C@@H]2C[C@@H](Oc3ncc(N4CCOCC4)c4ccccc34)CN2C(=O)[C@@H](CC(=O)OC(C)(C)C)[C@H](C)C1. The number of ketones is 1. The molecule has 2 aliphatic carbocycles. The largest absolute Gasteiger partial charge is 0.472 e. The highest BCUT2D eigenvalue weighted by Crippen LogP contribution is 2.58. The second kappa shape index (κ2) is 16.7. The smallest absolute Gasteiger partial charge is 0.307 e. The van der Waals surface area contributed by atoms with Crippen molar-refractivity contribution >= 4 is 50.1 Å². The first-order chi connectivity index (χ1) is 28.0. The van der Waals surface area contributed by atoms with Crippen LogP contribution in [-0.2, 0) is 38.7 Å². The Kier molecular flexibility index (Phi) is 12.2. The number of carbonyl (C=O) groups is 4. The number of carbonyl (C=O) groups excluding carboxylic acids is 4. The van der Waals surface area contributed by atoms with E-state index in [0.29, 0.717) is 31.9 Å². The maximum absolute atomic E-state index is 15.0. The zero-order chi connectivity index (χ0) is 42.3. The molecule has 2 saturated heterocycles. The van der Waals surface area contributed by atoms with Gasteiger partial charge in [-0.15, -0.1) is 0 Å². The van der Waals surface area contributed by atoms with E-state index in [0.717, 1.165) is 36.0 Å². The number of ether oxygens (including phenoxy) is 3. The second-order valence-corrected chi connectivity index (χ2v) is 20.7. The molecule has 1 aromatic carbocycles. The van der Waals surface area contributed by atoms with Crippen LogP contribution in [0.15, 0.2) is 42.6 Å². The summed E-state index contributed by atoms with van der Waals surface area (Å²) in [5.41, 5.74) is -1.21. The van der Waals surface area contributed by atoms with Gasteiger partial charge in [0.1, 0.15) is 23.1 Å². The van der Waals surface area contributed by atoms with Gasteiger partial charge in [-0.3, -0.25) is 23.9 Å². The fraction of sp³-hybridized carbons (Fsp3) is 0.659. The molecule has 0 unspecified atom stereocenters. The average Bonchev–Trinajstić information content (AvgIpc) is 4.09. The van der Waals surface area contributed by atoms with Gasteiger partial charge in [0.15, 0.2) is 5.78 Å². The van der Waals surface area contributed by atoms with Crippen LogP contribution in [0.5, 0.6) is 5.88 Å². The molecule has 59 heavy (non-hydrogen) atoms. The number of hydrogen-bond donors (Lipinski definition) is 1. The van der Waals surface area contributed by atoms with Gasteiger partial charge in [0.05, 0.1) is 55.4 Å². The number of hydrogen-bond acceptors (Lipinski definition) is 11. The van der Waals surface area contributed by atoms with Crippen molar-refractivity contribution in [3.05, 3.63) is 42.6 Å². The molecule has 15 heteroatoms. The third-order valence-corrected chi connectivity index (χ3v) is 15.1. The summed E-state index contributed by atoms with van der Waals surface area (Å²) in [7, 11) is -4.34. The van der Waals surface area contributed by atoms with Crippen LogP contribution in [0.4, 0.5) is 10.1 Å². The Balaban J connectivity index is 1.22. The highest BCUT2D eigenvalue weighted by molar-refractivity contribution is 7.91. The third kappa shape index (κ3) is 9.16. The van der Waals surface area contributed by atoms with E-state index >= 15 is 0 Å². The summed E-state index contributed by atoms with van der Waals surface area (Å²) in [6, 6.07) is 6.76. The number of anilines is 1. The molecule has 13 nitrogen and oxygen atoms in total. The predicted molar refractivity (Wildman–Crippen MR) is 220 cm³/mol. The first-order valence-electron chi connectivity index (χ1n) is 21.2. The van der Waals surface area contributed by atoms with E-state index in [9.17, 15) is 32.0 Å². The molecule has 3 aliphatic heterocycles. The highest BCUT2D eigenvalue weighted by atomic mass is 32.2. The Bertz CT molecular complexity index is 2080. The number of Topliss-reactive ketones (excluding diaryl/α,β-unsaturated/α-hetero) is 1. The van der Waals surface area contributed by atoms with Gasteiger partial charge in [0.25, 0.3) is 0 Å². The summed E-state index contributed by atoms with van der Waals surface area (Å²) in [6.45, 7) is 11.0. The molecule has 2 aromatic rings. The van der Waals surface area contributed by atoms with Crippen LogP contribution in [-0.4, -0.2) is 104 Å². The van der Waals surface area contributed by atoms with Crippen LogP contribution >= 0.6 is 0 Å². The van der Waals surface area contributed by atoms with E-state index in [2.05, 4.69) is 16.5 Å². The normalized spacial score (nSPS) is 30.7. The van der Waals surface area contributed by atoms with Crippen molar-refractivity contribution in [3.8, 4) is 5.88 Å². The van der Waals surface area contributed by atoms with Crippen molar-refractivity contribution in [2.45, 2.75) is 115 Å². The molecule has 7 atom stereocenters. The van der Waals surface area contributed by atoms with E-state index in [1.165, 1.54) is 4.90 Å². The first-order valence-corrected chi connectivity index (χ1v) is 22.7. The molecule has 7 rings (SSSR count). The molecule has 4 fully saturated rings. The minimum absolute atomic E-state index is 0.0273. The van der Waals surface area contributed by atoms with Crippen LogP contribution in [0.25, 0.3) is 10.8 Å². The van der Waals surface area contributed by atoms with Gasteiger partial charge in [0, 0.05) is 36.7 Å². The van der Waals surface area contributed by atoms with Gasteiger partial charge in [0.2, 0.25) is 27.7 Å². The summed E-state index contributed by atoms with van der Waals surface area (Å²) in [6.07, 6.45) is 7.12. The molecular weight excluding hydrogens is 780 g/mol. The van der Waals surface area contributed by atoms with E-state index < -0.39 is 74.1 Å². The molecule has 4 heterocycles. The van der Waals surface area contributed by atoms with Crippen LogP contribution in [0.2, 0.25) is 0 Å². The third-order valence-electron chi connectivity index (χ3n) is 13.0. The summed E-state index contributed by atoms with van der Waals surface area (Å²) >= 11 is 0. The number of pyridine rings is 1. The van der Waals surface area contributed by atoms with Crippen molar-refractivity contribution in [2.75, 3.05) is 44.4 Å². The number of nitrogens with zero attached hydrogens (tertiary/aromatic N) is 3. The van der Waals surface area contributed by atoms with Gasteiger partial charge >= 0.3 is 5.97 Å². The minimum Gasteiger partial charge on any atom is -0.472 e. The van der Waals surface area contributed by atoms with E-state index in [-0.39, 0.29) is 62.8 Å². The average molecular weight is 839 g/mol. The van der Waals surface area contributed by atoms with Crippen molar-refractivity contribution < 1.29 is 46.2 Å². The monoisotopic (exact) mass is 838 g/mol. The molecule has 0 bridgehead atoms. The van der Waals surface area contributed by atoms with E-state index in [1.54, 1.807) is 27.0 Å². The van der Waals surface area contributed by atoms with Crippen molar-refractivity contribution in [3.63, 3.8) is 0 Å². The topological polar surface area (TPSA) is 162 Å². The lowest BCUT2D eigenvalue weighted by molar-refractivity contribution is -0.160. The Hall–Kier alpha value is -4.11. The number of morpholine rings is 1. The van der Waals surface area contributed by atoms with Gasteiger partial charge in [-0.1, -0.05) is 44.2 Å². The second-order valence-electron chi connectivity index (χ2n) is 18.7. The first kappa shape index (κ1) is 43.0. The lowest BCUT2D eigenvalue weighted by Crippen LogP contribution is -2.48. The standard InChI is InChI=1S/C44H59FN4O9S/c1-28-10-6-7-11-30-23-44(30,41(53)47-59(54,55)43(27-45)14-15-43)24-37(50)35-21-31(26-49(35)40(52)34(29(2)20-28)22-38(51)58-42(3,4)5)57-39-33-13-9-8-12-32(33)36(25-46-39)48-16-18-56-19-17-48/h7-9,11-13,25,28-31,34-35H,6,10,14-24,26-27H2,1-5H3,(H,47,53)/b11-7-/t28-,29-,30-,31-,34+,35+,44-/m1/s1. The predicted octanol–water partition coefficient (Wildman–Crippen LogP) is 5.69. The summed E-state index contributed by atoms with van der Waals surface area (Å²) < 4.78 is 58.9. The van der Waals surface area contributed by atoms with Crippen molar-refractivity contribution in [1.29, 1.82) is 0 Å². The number of alkyl halides is 1. The number of rotatable bonds is 9. The summed E-state index contributed by atoms with van der Waals surface area (Å²) in [5.74, 6) is -3.06. The molecular formula is C44H59FN4O9S. The number of halogens is 1. The fourth-order valence-electron chi connectivity index (χ4n) is 9.26. The zero-order valence-corrected chi connectivity index (χ0v) is 35.7. The number of benzene rings is 1. The van der Waals surface area contributed by atoms with Crippen LogP contribution in [0.3, 0.4) is 0 Å². The maximum atomic E-state index is 15.0. The Morgan fingerprint density at radius 2 is 1.78 bits per heavy atom. The summed E-state index contributed by atoms with van der Waals surface area (Å²) in [5, 5.41) is 1.71. The van der Waals surface area contributed by atoms with Gasteiger partial charge < -0.3 is 24.0 Å². The molecule has 2 amide bonds. The Morgan fingerprint density at radius 3 is 2.46 bits per heavy atom. The van der Waals surface area contributed by atoms with E-state index in [4.69, 9.17) is 19.2 Å². The van der Waals surface area contributed by atoms with Gasteiger partial charge in [-0.25, -0.2) is 17.8 Å². The van der Waals surface area contributed by atoms with Crippen LogP contribution in [0.1, 0.15) is 92.4 Å².